The smallest absolute Gasteiger partial charge is 0.263 e. The van der Waals surface area contributed by atoms with Crippen molar-refractivity contribution in [2.75, 3.05) is 16.8 Å². The maximum atomic E-state index is 13.4. The number of nitrogens with one attached hydrogen (secondary N) is 1. The summed E-state index contributed by atoms with van der Waals surface area (Å²) >= 11 is 6.00. The van der Waals surface area contributed by atoms with Crippen LogP contribution >= 0.6 is 11.6 Å². The van der Waals surface area contributed by atoms with Crippen LogP contribution in [-0.2, 0) is 18.8 Å². The molecule has 0 spiro atoms. The molecule has 9 heteroatoms. The highest BCUT2D eigenvalue weighted by molar-refractivity contribution is 6.17. The molecule has 1 aromatic carbocycles. The number of hydrogen-bond donors (Lipinski definition) is 1. The number of ketones is 1. The van der Waals surface area contributed by atoms with Crippen molar-refractivity contribution < 1.29 is 4.79 Å². The molecule has 1 N–H and O–H groups in total. The number of pyridine rings is 2. The molecular formula is C30H31ClN6O2. The zero-order chi connectivity index (χ0) is 27.1. The summed E-state index contributed by atoms with van der Waals surface area (Å²) in [6.45, 7) is 4.99. The van der Waals surface area contributed by atoms with Crippen molar-refractivity contribution >= 4 is 45.9 Å². The Bertz CT molecular complexity index is 1630. The van der Waals surface area contributed by atoms with E-state index in [0.717, 1.165) is 61.8 Å². The average molecular weight is 543 g/mol. The second-order valence-corrected chi connectivity index (χ2v) is 10.8. The first-order chi connectivity index (χ1) is 18.9. The number of aryl methyl sites for hydroxylation is 1. The minimum absolute atomic E-state index is 0.0371. The molecule has 200 valence electrons. The third-order valence-corrected chi connectivity index (χ3v) is 8.35. The lowest BCUT2D eigenvalue weighted by Gasteiger charge is -2.30. The summed E-state index contributed by atoms with van der Waals surface area (Å²) in [4.78, 5) is 42.0. The van der Waals surface area contributed by atoms with E-state index in [9.17, 15) is 9.59 Å². The molecule has 6 rings (SSSR count). The highest BCUT2D eigenvalue weighted by atomic mass is 35.5. The topological polar surface area (TPSA) is 93.0 Å². The summed E-state index contributed by atoms with van der Waals surface area (Å²) in [5, 5.41) is 3.93. The van der Waals surface area contributed by atoms with Gasteiger partial charge >= 0.3 is 0 Å². The molecule has 8 nitrogen and oxygen atoms in total. The first kappa shape index (κ1) is 25.5. The first-order valence-corrected chi connectivity index (χ1v) is 14.0. The Morgan fingerprint density at radius 2 is 1.92 bits per heavy atom. The van der Waals surface area contributed by atoms with Gasteiger partial charge in [0, 0.05) is 36.6 Å². The minimum Gasteiger partial charge on any atom is -0.366 e. The Labute approximate surface area is 232 Å². The van der Waals surface area contributed by atoms with Crippen LogP contribution in [0.2, 0.25) is 0 Å². The third-order valence-electron chi connectivity index (χ3n) is 8.04. The molecule has 4 aromatic rings. The van der Waals surface area contributed by atoms with Gasteiger partial charge in [-0.15, -0.1) is 11.6 Å². The fraction of sp³-hybridized carbons (Fsp3) is 0.367. The van der Waals surface area contributed by atoms with Gasteiger partial charge in [0.15, 0.2) is 5.78 Å². The zero-order valence-electron chi connectivity index (χ0n) is 22.2. The number of nitrogens with zero attached hydrogens (tertiary/aromatic N) is 5. The molecule has 1 fully saturated rings. The van der Waals surface area contributed by atoms with Gasteiger partial charge in [0.2, 0.25) is 5.95 Å². The number of Topliss-reactive ketones (excluding diaryl/α,β-unsaturated/α-hetero) is 1. The van der Waals surface area contributed by atoms with Crippen LogP contribution in [0.25, 0.3) is 11.0 Å². The number of fused-ring (bicyclic) bond motifs is 2. The van der Waals surface area contributed by atoms with Gasteiger partial charge in [0.1, 0.15) is 11.5 Å². The summed E-state index contributed by atoms with van der Waals surface area (Å²) in [7, 11) is 0. The fourth-order valence-electron chi connectivity index (χ4n) is 5.98. The van der Waals surface area contributed by atoms with E-state index < -0.39 is 0 Å². The molecule has 0 bridgehead atoms. The Kier molecular flexibility index (Phi) is 6.81. The molecule has 0 atom stereocenters. The number of benzene rings is 1. The number of hydrogen-bond acceptors (Lipinski definition) is 7. The van der Waals surface area contributed by atoms with Crippen LogP contribution in [0.5, 0.6) is 0 Å². The van der Waals surface area contributed by atoms with Crippen LogP contribution in [0.15, 0.2) is 47.5 Å². The van der Waals surface area contributed by atoms with Crippen molar-refractivity contribution in [2.45, 2.75) is 64.4 Å². The minimum atomic E-state index is -0.256. The SMILES string of the molecule is CC(=O)c1c(C)c2cnc(Nc3ccc(N4CCc5cc(CCl)ccc5C4)cn3)nc2n(C2CCCC2)c1=O. The predicted molar refractivity (Wildman–Crippen MR) is 154 cm³/mol. The lowest BCUT2D eigenvalue weighted by atomic mass is 9.97. The van der Waals surface area contributed by atoms with Gasteiger partial charge < -0.3 is 10.2 Å². The van der Waals surface area contributed by atoms with Crippen LogP contribution in [0.4, 0.5) is 17.5 Å². The summed E-state index contributed by atoms with van der Waals surface area (Å²) in [6.07, 6.45) is 8.46. The highest BCUT2D eigenvalue weighted by Gasteiger charge is 2.26. The molecule has 3 aromatic heterocycles. The van der Waals surface area contributed by atoms with Crippen LogP contribution in [-0.4, -0.2) is 31.8 Å². The molecule has 4 heterocycles. The van der Waals surface area contributed by atoms with E-state index in [1.165, 1.54) is 18.1 Å². The van der Waals surface area contributed by atoms with Crippen LogP contribution < -0.4 is 15.8 Å². The Balaban J connectivity index is 1.27. The lowest BCUT2D eigenvalue weighted by Crippen LogP contribution is -2.30. The van der Waals surface area contributed by atoms with Gasteiger partial charge in [-0.3, -0.25) is 14.2 Å². The summed E-state index contributed by atoms with van der Waals surface area (Å²) < 4.78 is 1.72. The number of anilines is 3. The summed E-state index contributed by atoms with van der Waals surface area (Å²) in [5.74, 6) is 1.29. The highest BCUT2D eigenvalue weighted by Crippen LogP contribution is 2.32. The van der Waals surface area contributed by atoms with Gasteiger partial charge in [-0.25, -0.2) is 9.97 Å². The number of alkyl halides is 1. The van der Waals surface area contributed by atoms with E-state index in [4.69, 9.17) is 16.6 Å². The lowest BCUT2D eigenvalue weighted by molar-refractivity contribution is 0.101. The average Bonchev–Trinajstić information content (AvgIpc) is 3.47. The molecule has 1 aliphatic heterocycles. The van der Waals surface area contributed by atoms with Gasteiger partial charge in [0.05, 0.1) is 17.4 Å². The van der Waals surface area contributed by atoms with E-state index >= 15 is 0 Å². The number of halogens is 1. The van der Waals surface area contributed by atoms with Crippen LogP contribution in [0.1, 0.15) is 71.3 Å². The number of aromatic nitrogens is 4. The van der Waals surface area contributed by atoms with E-state index in [0.29, 0.717) is 28.9 Å². The van der Waals surface area contributed by atoms with Gasteiger partial charge in [0.25, 0.3) is 5.56 Å². The Morgan fingerprint density at radius 3 is 2.64 bits per heavy atom. The van der Waals surface area contributed by atoms with Crippen LogP contribution in [0, 0.1) is 6.92 Å². The summed E-state index contributed by atoms with van der Waals surface area (Å²) in [6, 6.07) is 10.5. The predicted octanol–water partition coefficient (Wildman–Crippen LogP) is 5.86. The zero-order valence-corrected chi connectivity index (χ0v) is 23.0. The van der Waals surface area contributed by atoms with E-state index in [1.807, 2.05) is 18.3 Å². The van der Waals surface area contributed by atoms with E-state index in [1.54, 1.807) is 17.7 Å². The number of carbonyl (C=O) groups excluding carboxylic acids is 1. The molecule has 1 aliphatic carbocycles. The molecule has 39 heavy (non-hydrogen) atoms. The van der Waals surface area contributed by atoms with Gasteiger partial charge in [-0.1, -0.05) is 31.0 Å². The van der Waals surface area contributed by atoms with Crippen molar-refractivity contribution in [3.63, 3.8) is 0 Å². The fourth-order valence-corrected chi connectivity index (χ4v) is 6.15. The standard InChI is InChI=1S/C30H31ClN6O2/c1-18-25-16-33-30(35-28(25)37(23-5-3-4-6-23)29(39)27(18)19(2)38)34-26-10-9-24(15-32-26)36-12-11-21-13-20(14-31)7-8-22(21)17-36/h7-10,13,15-16,23H,3-6,11-12,14,17H2,1-2H3,(H,32,33,34,35). The van der Waals surface area contributed by atoms with Gasteiger partial charge in [-0.2, -0.15) is 4.98 Å². The monoisotopic (exact) mass is 542 g/mol. The quantitative estimate of drug-likeness (QED) is 0.241. The van der Waals surface area contributed by atoms with E-state index in [2.05, 4.69) is 38.4 Å². The second-order valence-electron chi connectivity index (χ2n) is 10.5. The van der Waals surface area contributed by atoms with Crippen molar-refractivity contribution in [1.29, 1.82) is 0 Å². The van der Waals surface area contributed by atoms with Crippen molar-refractivity contribution in [3.05, 3.63) is 80.9 Å². The molecule has 2 aliphatic rings. The Hall–Kier alpha value is -3.78. The molecule has 0 amide bonds. The summed E-state index contributed by atoms with van der Waals surface area (Å²) in [5.41, 5.74) is 6.07. The van der Waals surface area contributed by atoms with Crippen LogP contribution in [0.3, 0.4) is 0 Å². The third kappa shape index (κ3) is 4.78. The molecule has 1 saturated carbocycles. The van der Waals surface area contributed by atoms with Crippen molar-refractivity contribution in [3.8, 4) is 0 Å². The van der Waals surface area contributed by atoms with Gasteiger partial charge in [-0.05, 0) is 67.5 Å². The molecule has 0 unspecified atom stereocenters. The van der Waals surface area contributed by atoms with Crippen molar-refractivity contribution in [2.24, 2.45) is 0 Å². The number of carbonyl (C=O) groups is 1. The maximum absolute atomic E-state index is 13.4. The molecule has 0 radical (unpaired) electrons. The first-order valence-electron chi connectivity index (χ1n) is 13.5. The normalized spacial score (nSPS) is 15.5. The maximum Gasteiger partial charge on any atom is 0.263 e. The molecule has 0 saturated heterocycles. The Morgan fingerprint density at radius 1 is 1.10 bits per heavy atom. The van der Waals surface area contributed by atoms with E-state index in [-0.39, 0.29) is 22.9 Å². The molecular weight excluding hydrogens is 512 g/mol. The van der Waals surface area contributed by atoms with Crippen molar-refractivity contribution in [1.82, 2.24) is 19.5 Å². The number of rotatable bonds is 6. The largest absolute Gasteiger partial charge is 0.366 e. The second kappa shape index (κ2) is 10.4.